The maximum atomic E-state index is 12.8. The molecule has 2 N–H and O–H groups in total. The molecule has 21 heavy (non-hydrogen) atoms. The second-order valence-electron chi connectivity index (χ2n) is 5.71. The molecule has 0 radical (unpaired) electrons. The zero-order chi connectivity index (χ0) is 15.1. The summed E-state index contributed by atoms with van der Waals surface area (Å²) in [6, 6.07) is 6.87. The summed E-state index contributed by atoms with van der Waals surface area (Å²) in [5.74, 6) is -0.0984. The van der Waals surface area contributed by atoms with E-state index in [1.807, 2.05) is 7.05 Å². The van der Waals surface area contributed by atoms with Crippen molar-refractivity contribution in [1.82, 2.24) is 15.5 Å². The molecule has 0 bridgehead atoms. The quantitative estimate of drug-likeness (QED) is 0.801. The van der Waals surface area contributed by atoms with E-state index in [1.54, 1.807) is 12.1 Å². The molecule has 0 spiro atoms. The van der Waals surface area contributed by atoms with Crippen LogP contribution >= 0.6 is 0 Å². The first-order valence-electron chi connectivity index (χ1n) is 7.56. The van der Waals surface area contributed by atoms with Gasteiger partial charge in [0.15, 0.2) is 0 Å². The van der Waals surface area contributed by atoms with E-state index in [4.69, 9.17) is 0 Å². The van der Waals surface area contributed by atoms with Crippen LogP contribution in [0.5, 0.6) is 0 Å². The molecule has 1 heterocycles. The average Bonchev–Trinajstić information content (AvgIpc) is 2.94. The number of amides is 1. The van der Waals surface area contributed by atoms with E-state index in [0.717, 1.165) is 31.6 Å². The van der Waals surface area contributed by atoms with Crippen LogP contribution in [-0.4, -0.2) is 43.5 Å². The van der Waals surface area contributed by atoms with Gasteiger partial charge in [-0.25, -0.2) is 4.39 Å². The number of hydrogen-bond donors (Lipinski definition) is 2. The van der Waals surface area contributed by atoms with Gasteiger partial charge in [-0.3, -0.25) is 4.79 Å². The van der Waals surface area contributed by atoms with Gasteiger partial charge >= 0.3 is 0 Å². The van der Waals surface area contributed by atoms with Crippen LogP contribution in [0.3, 0.4) is 0 Å². The maximum Gasteiger partial charge on any atom is 0.221 e. The van der Waals surface area contributed by atoms with Gasteiger partial charge in [-0.15, -0.1) is 0 Å². The van der Waals surface area contributed by atoms with Gasteiger partial charge in [0.1, 0.15) is 5.82 Å². The molecule has 4 nitrogen and oxygen atoms in total. The van der Waals surface area contributed by atoms with Crippen LogP contribution in [0.15, 0.2) is 24.3 Å². The van der Waals surface area contributed by atoms with Crippen LogP contribution in [0, 0.1) is 5.82 Å². The molecule has 1 aliphatic rings. The molecule has 1 fully saturated rings. The fraction of sp³-hybridized carbons (Fsp3) is 0.562. The average molecular weight is 293 g/mol. The normalized spacial score (nSPS) is 18.1. The molecule has 116 valence electrons. The number of hydrogen-bond acceptors (Lipinski definition) is 3. The molecule has 1 amide bonds. The molecule has 1 aromatic rings. The summed E-state index contributed by atoms with van der Waals surface area (Å²) in [6.45, 7) is 3.20. The largest absolute Gasteiger partial charge is 0.355 e. The highest BCUT2D eigenvalue weighted by Gasteiger charge is 2.17. The number of nitrogens with one attached hydrogen (secondary N) is 2. The highest BCUT2D eigenvalue weighted by molar-refractivity contribution is 5.76. The van der Waals surface area contributed by atoms with Crippen molar-refractivity contribution in [1.29, 1.82) is 0 Å². The minimum atomic E-state index is -0.214. The number of carbonyl (C=O) groups excluding carboxylic acids is 1. The van der Waals surface area contributed by atoms with Crippen LogP contribution in [0.1, 0.15) is 24.8 Å². The van der Waals surface area contributed by atoms with E-state index in [9.17, 15) is 9.18 Å². The third-order valence-electron chi connectivity index (χ3n) is 3.78. The highest BCUT2D eigenvalue weighted by atomic mass is 19.1. The molecule has 1 saturated heterocycles. The third-order valence-corrected chi connectivity index (χ3v) is 3.78. The summed E-state index contributed by atoms with van der Waals surface area (Å²) in [5.41, 5.74) is 1.07. The Balaban J connectivity index is 1.61. The van der Waals surface area contributed by atoms with Crippen molar-refractivity contribution in [3.05, 3.63) is 35.6 Å². The second kappa shape index (κ2) is 8.10. The second-order valence-corrected chi connectivity index (χ2v) is 5.71. The monoisotopic (exact) mass is 293 g/mol. The number of benzene rings is 1. The van der Waals surface area contributed by atoms with E-state index in [-0.39, 0.29) is 11.7 Å². The van der Waals surface area contributed by atoms with Gasteiger partial charge in [-0.2, -0.15) is 0 Å². The Morgan fingerprint density at radius 2 is 2.19 bits per heavy atom. The zero-order valence-electron chi connectivity index (χ0n) is 12.6. The van der Waals surface area contributed by atoms with Crippen LogP contribution in [0.4, 0.5) is 4.39 Å². The lowest BCUT2D eigenvalue weighted by atomic mass is 10.1. The molecule has 1 atom stereocenters. The first kappa shape index (κ1) is 15.9. The molecule has 0 saturated carbocycles. The summed E-state index contributed by atoms with van der Waals surface area (Å²) in [5, 5.41) is 6.28. The Morgan fingerprint density at radius 1 is 1.43 bits per heavy atom. The lowest BCUT2D eigenvalue weighted by Crippen LogP contribution is -2.36. The smallest absolute Gasteiger partial charge is 0.221 e. The Bertz CT molecular complexity index is 443. The number of nitrogens with zero attached hydrogens (tertiary/aromatic N) is 1. The van der Waals surface area contributed by atoms with Crippen molar-refractivity contribution in [2.24, 2.45) is 0 Å². The van der Waals surface area contributed by atoms with Crippen molar-refractivity contribution in [3.63, 3.8) is 0 Å². The highest BCUT2D eigenvalue weighted by Crippen LogP contribution is 2.08. The molecule has 2 rings (SSSR count). The van der Waals surface area contributed by atoms with Crippen molar-refractivity contribution in [3.8, 4) is 0 Å². The molecular formula is C16H24FN3O. The van der Waals surface area contributed by atoms with Gasteiger partial charge in [0.25, 0.3) is 0 Å². The molecule has 0 aliphatic carbocycles. The van der Waals surface area contributed by atoms with Gasteiger partial charge in [0.05, 0.1) is 0 Å². The Morgan fingerprint density at radius 3 is 2.86 bits per heavy atom. The van der Waals surface area contributed by atoms with Crippen LogP contribution in [0.2, 0.25) is 0 Å². The lowest BCUT2D eigenvalue weighted by molar-refractivity contribution is -0.121. The Hall–Kier alpha value is -1.46. The molecule has 1 aromatic carbocycles. The fourth-order valence-corrected chi connectivity index (χ4v) is 2.59. The Kier molecular flexibility index (Phi) is 6.14. The fourth-order valence-electron chi connectivity index (χ4n) is 2.59. The van der Waals surface area contributed by atoms with E-state index in [0.29, 0.717) is 19.0 Å². The number of rotatable bonds is 7. The van der Waals surface area contributed by atoms with E-state index in [1.165, 1.54) is 18.6 Å². The van der Waals surface area contributed by atoms with Crippen molar-refractivity contribution >= 4 is 5.91 Å². The van der Waals surface area contributed by atoms with E-state index >= 15 is 0 Å². The van der Waals surface area contributed by atoms with Crippen LogP contribution in [-0.2, 0) is 11.3 Å². The molecule has 1 unspecified atom stereocenters. The van der Waals surface area contributed by atoms with Gasteiger partial charge in [-0.05, 0) is 44.1 Å². The van der Waals surface area contributed by atoms with Crippen LogP contribution in [0.25, 0.3) is 0 Å². The summed E-state index contributed by atoms with van der Waals surface area (Å²) < 4.78 is 12.8. The summed E-state index contributed by atoms with van der Waals surface area (Å²) in [7, 11) is 1.99. The van der Waals surface area contributed by atoms with Crippen molar-refractivity contribution in [2.45, 2.75) is 31.8 Å². The van der Waals surface area contributed by atoms with Gasteiger partial charge in [0.2, 0.25) is 5.91 Å². The topological polar surface area (TPSA) is 44.4 Å². The molecular weight excluding hydrogens is 269 g/mol. The van der Waals surface area contributed by atoms with E-state index in [2.05, 4.69) is 15.5 Å². The van der Waals surface area contributed by atoms with Crippen molar-refractivity contribution in [2.75, 3.05) is 26.7 Å². The lowest BCUT2D eigenvalue weighted by Gasteiger charge is -2.17. The molecule has 0 aromatic heterocycles. The predicted molar refractivity (Wildman–Crippen MR) is 81.4 cm³/mol. The zero-order valence-corrected chi connectivity index (χ0v) is 12.6. The van der Waals surface area contributed by atoms with Crippen molar-refractivity contribution < 1.29 is 9.18 Å². The summed E-state index contributed by atoms with van der Waals surface area (Å²) >= 11 is 0. The first-order valence-corrected chi connectivity index (χ1v) is 7.56. The Labute approximate surface area is 125 Å². The van der Waals surface area contributed by atoms with E-state index < -0.39 is 0 Å². The minimum Gasteiger partial charge on any atom is -0.355 e. The van der Waals surface area contributed by atoms with Gasteiger partial charge < -0.3 is 15.5 Å². The maximum absolute atomic E-state index is 12.8. The third kappa shape index (κ3) is 5.81. The molecule has 1 aliphatic heterocycles. The summed E-state index contributed by atoms with van der Waals surface area (Å²) in [4.78, 5) is 13.9. The standard InChI is InChI=1S/C16H24FN3O/c1-20(12-13-4-6-14(17)7-5-13)10-9-19-16(21)11-15-3-2-8-18-15/h4-7,15,18H,2-3,8-12H2,1H3,(H,19,21). The number of likely N-dealkylation sites (N-methyl/N-ethyl adjacent to an activating group) is 1. The summed E-state index contributed by atoms with van der Waals surface area (Å²) in [6.07, 6.45) is 2.83. The minimum absolute atomic E-state index is 0.115. The SMILES string of the molecule is CN(CCNC(=O)CC1CCCN1)Cc1ccc(F)cc1. The van der Waals surface area contributed by atoms with Crippen LogP contribution < -0.4 is 10.6 Å². The van der Waals surface area contributed by atoms with Gasteiger partial charge in [0, 0.05) is 32.1 Å². The van der Waals surface area contributed by atoms with Gasteiger partial charge in [-0.1, -0.05) is 12.1 Å². The number of halogens is 1. The predicted octanol–water partition coefficient (Wildman–Crippen LogP) is 1.52. The number of carbonyl (C=O) groups is 1. The first-order chi connectivity index (χ1) is 10.1. The molecule has 5 heteroatoms.